The van der Waals surface area contributed by atoms with Crippen molar-refractivity contribution in [2.45, 2.75) is 50.7 Å². The zero-order valence-electron chi connectivity index (χ0n) is 11.7. The lowest BCUT2D eigenvalue weighted by Gasteiger charge is -2.32. The molecule has 1 saturated carbocycles. The largest absolute Gasteiger partial charge is 0.408 e. The van der Waals surface area contributed by atoms with Gasteiger partial charge in [-0.1, -0.05) is 19.3 Å². The first-order valence-corrected chi connectivity index (χ1v) is 7.22. The van der Waals surface area contributed by atoms with E-state index in [9.17, 15) is 18.0 Å². The Hall–Kier alpha value is -1.59. The molecule has 1 amide bonds. The smallest absolute Gasteiger partial charge is 0.344 e. The van der Waals surface area contributed by atoms with Gasteiger partial charge in [0.2, 0.25) is 5.91 Å². The van der Waals surface area contributed by atoms with E-state index in [0.717, 1.165) is 19.3 Å². The molecule has 0 radical (unpaired) electrons. The molecule has 0 spiro atoms. The van der Waals surface area contributed by atoms with Crippen molar-refractivity contribution in [1.29, 1.82) is 0 Å². The Morgan fingerprint density at radius 3 is 2.43 bits per heavy atom. The van der Waals surface area contributed by atoms with Gasteiger partial charge in [0, 0.05) is 12.4 Å². The molecular formula is C15H19F3N2O. The number of aromatic nitrogens is 1. The lowest BCUT2D eigenvalue weighted by molar-refractivity contribution is -0.174. The van der Waals surface area contributed by atoms with Crippen molar-refractivity contribution in [2.75, 3.05) is 0 Å². The summed E-state index contributed by atoms with van der Waals surface area (Å²) in [6.45, 7) is 0. The van der Waals surface area contributed by atoms with Crippen LogP contribution in [0.1, 0.15) is 37.7 Å². The maximum atomic E-state index is 13.2. The summed E-state index contributed by atoms with van der Waals surface area (Å²) in [6.07, 6.45) is 2.23. The third-order valence-corrected chi connectivity index (χ3v) is 3.90. The quantitative estimate of drug-likeness (QED) is 0.927. The van der Waals surface area contributed by atoms with Crippen molar-refractivity contribution < 1.29 is 18.0 Å². The van der Waals surface area contributed by atoms with Crippen molar-refractivity contribution in [3.8, 4) is 0 Å². The van der Waals surface area contributed by atoms with Gasteiger partial charge >= 0.3 is 6.18 Å². The summed E-state index contributed by atoms with van der Waals surface area (Å²) in [5.41, 5.74) is 0.659. The second kappa shape index (κ2) is 6.91. The summed E-state index contributed by atoms with van der Waals surface area (Å²) >= 11 is 0. The zero-order chi connectivity index (χ0) is 15.3. The van der Waals surface area contributed by atoms with Gasteiger partial charge in [0.15, 0.2) is 0 Å². The van der Waals surface area contributed by atoms with Crippen LogP contribution in [0.25, 0.3) is 0 Å². The highest BCUT2D eigenvalue weighted by atomic mass is 19.4. The summed E-state index contributed by atoms with van der Waals surface area (Å²) < 4.78 is 39.5. The molecule has 0 saturated heterocycles. The first-order chi connectivity index (χ1) is 9.97. The highest BCUT2D eigenvalue weighted by Gasteiger charge is 2.45. The minimum absolute atomic E-state index is 0.0538. The topological polar surface area (TPSA) is 42.0 Å². The summed E-state index contributed by atoms with van der Waals surface area (Å²) in [4.78, 5) is 15.7. The van der Waals surface area contributed by atoms with E-state index >= 15 is 0 Å². The second-order valence-corrected chi connectivity index (χ2v) is 5.52. The third kappa shape index (κ3) is 4.72. The van der Waals surface area contributed by atoms with Crippen LogP contribution < -0.4 is 5.32 Å². The minimum atomic E-state index is -4.39. The van der Waals surface area contributed by atoms with Crippen LogP contribution in [0.4, 0.5) is 13.2 Å². The molecule has 116 valence electrons. The van der Waals surface area contributed by atoms with Crippen molar-refractivity contribution in [3.05, 3.63) is 30.1 Å². The Kier molecular flexibility index (Phi) is 5.20. The molecule has 2 rings (SSSR count). The molecule has 1 aromatic rings. The van der Waals surface area contributed by atoms with Crippen LogP contribution in [0.3, 0.4) is 0 Å². The van der Waals surface area contributed by atoms with E-state index in [1.54, 1.807) is 12.1 Å². The van der Waals surface area contributed by atoms with E-state index in [-0.39, 0.29) is 6.42 Å². The number of rotatable bonds is 4. The van der Waals surface area contributed by atoms with E-state index in [0.29, 0.717) is 18.4 Å². The van der Waals surface area contributed by atoms with Crippen LogP contribution in [0.15, 0.2) is 24.5 Å². The minimum Gasteiger partial charge on any atom is -0.344 e. The first kappa shape index (κ1) is 15.8. The lowest BCUT2D eigenvalue weighted by atomic mass is 9.83. The molecule has 21 heavy (non-hydrogen) atoms. The fraction of sp³-hybridized carbons (Fsp3) is 0.600. The molecular weight excluding hydrogens is 281 g/mol. The number of nitrogens with one attached hydrogen (secondary N) is 1. The second-order valence-electron chi connectivity index (χ2n) is 5.52. The highest BCUT2D eigenvalue weighted by molar-refractivity contribution is 5.78. The summed E-state index contributed by atoms with van der Waals surface area (Å²) in [7, 11) is 0. The van der Waals surface area contributed by atoms with Crippen molar-refractivity contribution >= 4 is 5.91 Å². The molecule has 1 fully saturated rings. The number of carbonyl (C=O) groups is 1. The van der Waals surface area contributed by atoms with Crippen molar-refractivity contribution in [3.63, 3.8) is 0 Å². The van der Waals surface area contributed by atoms with E-state index < -0.39 is 24.0 Å². The number of hydrogen-bond donors (Lipinski definition) is 1. The van der Waals surface area contributed by atoms with E-state index in [4.69, 9.17) is 0 Å². The Labute approximate surface area is 122 Å². The predicted molar refractivity (Wildman–Crippen MR) is 72.5 cm³/mol. The van der Waals surface area contributed by atoms with Gasteiger partial charge in [-0.05, 0) is 36.5 Å². The van der Waals surface area contributed by atoms with Gasteiger partial charge in [-0.3, -0.25) is 9.78 Å². The molecule has 6 heteroatoms. The summed E-state index contributed by atoms with van der Waals surface area (Å²) in [5, 5.41) is 2.19. The highest BCUT2D eigenvalue weighted by Crippen LogP contribution is 2.34. The van der Waals surface area contributed by atoms with Gasteiger partial charge < -0.3 is 5.32 Å². The number of halogens is 3. The van der Waals surface area contributed by atoms with Gasteiger partial charge in [-0.25, -0.2) is 0 Å². The number of amides is 1. The predicted octanol–water partition coefficient (Wildman–Crippen LogP) is 3.25. The van der Waals surface area contributed by atoms with E-state index in [1.807, 2.05) is 0 Å². The molecule has 1 aliphatic carbocycles. The Balaban J connectivity index is 1.99. The van der Waals surface area contributed by atoms with Crippen LogP contribution in [0.2, 0.25) is 0 Å². The molecule has 1 aromatic heterocycles. The molecule has 1 N–H and O–H groups in total. The van der Waals surface area contributed by atoms with Crippen LogP contribution in [-0.2, 0) is 11.2 Å². The standard InChI is InChI=1S/C15H19F3N2O/c16-15(17,18)14(12-4-2-1-3-5-12)20-13(21)10-11-6-8-19-9-7-11/h6-9,12,14H,1-5,10H2,(H,20,21). The molecule has 3 nitrogen and oxygen atoms in total. The molecule has 0 aliphatic heterocycles. The van der Waals surface area contributed by atoms with Gasteiger partial charge in [-0.2, -0.15) is 13.2 Å². The van der Waals surface area contributed by atoms with E-state index in [1.165, 1.54) is 12.4 Å². The molecule has 0 aromatic carbocycles. The van der Waals surface area contributed by atoms with Crippen LogP contribution in [-0.4, -0.2) is 23.1 Å². The first-order valence-electron chi connectivity index (χ1n) is 7.22. The number of carbonyl (C=O) groups excluding carboxylic acids is 1. The molecule has 1 unspecified atom stereocenters. The average molecular weight is 300 g/mol. The Morgan fingerprint density at radius 2 is 1.86 bits per heavy atom. The maximum absolute atomic E-state index is 13.2. The monoisotopic (exact) mass is 300 g/mol. The zero-order valence-corrected chi connectivity index (χ0v) is 11.7. The van der Waals surface area contributed by atoms with Crippen LogP contribution in [0, 0.1) is 5.92 Å². The number of alkyl halides is 3. The normalized spacial score (nSPS) is 18.2. The Bertz CT molecular complexity index is 456. The Morgan fingerprint density at radius 1 is 1.24 bits per heavy atom. The SMILES string of the molecule is O=C(Cc1ccncc1)NC(C1CCCCC1)C(F)(F)F. The molecule has 1 atom stereocenters. The van der Waals surface area contributed by atoms with Gasteiger partial charge in [0.25, 0.3) is 0 Å². The fourth-order valence-electron chi connectivity index (χ4n) is 2.84. The average Bonchev–Trinajstić information content (AvgIpc) is 2.45. The molecule has 1 heterocycles. The lowest BCUT2D eigenvalue weighted by Crippen LogP contribution is -2.51. The van der Waals surface area contributed by atoms with Crippen LogP contribution >= 0.6 is 0 Å². The van der Waals surface area contributed by atoms with Crippen molar-refractivity contribution in [1.82, 2.24) is 10.3 Å². The molecule has 0 bridgehead atoms. The van der Waals surface area contributed by atoms with Gasteiger partial charge in [-0.15, -0.1) is 0 Å². The maximum Gasteiger partial charge on any atom is 0.408 e. The number of hydrogen-bond acceptors (Lipinski definition) is 2. The van der Waals surface area contributed by atoms with Gasteiger partial charge in [0.1, 0.15) is 6.04 Å². The van der Waals surface area contributed by atoms with Gasteiger partial charge in [0.05, 0.1) is 6.42 Å². The number of pyridine rings is 1. The van der Waals surface area contributed by atoms with E-state index in [2.05, 4.69) is 10.3 Å². The summed E-state index contributed by atoms with van der Waals surface area (Å²) in [5.74, 6) is -1.09. The third-order valence-electron chi connectivity index (χ3n) is 3.90. The summed E-state index contributed by atoms with van der Waals surface area (Å²) in [6, 6.07) is 1.53. The molecule has 1 aliphatic rings. The van der Waals surface area contributed by atoms with Crippen LogP contribution in [0.5, 0.6) is 0 Å². The number of nitrogens with zero attached hydrogens (tertiary/aromatic N) is 1. The fourth-order valence-corrected chi connectivity index (χ4v) is 2.84. The van der Waals surface area contributed by atoms with Crippen molar-refractivity contribution in [2.24, 2.45) is 5.92 Å².